The lowest BCUT2D eigenvalue weighted by Crippen LogP contribution is -2.28. The van der Waals surface area contributed by atoms with Gasteiger partial charge in [-0.25, -0.2) is 13.1 Å². The molecule has 2 N–H and O–H groups in total. The molecule has 0 saturated carbocycles. The number of hydrogen-bond donors (Lipinski definition) is 2. The molecule has 0 radical (unpaired) electrons. The van der Waals surface area contributed by atoms with Crippen LogP contribution < -0.4 is 14.8 Å². The smallest absolute Gasteiger partial charge is 0.291 e. The van der Waals surface area contributed by atoms with E-state index < -0.39 is 15.9 Å². The van der Waals surface area contributed by atoms with E-state index in [1.54, 1.807) is 25.3 Å². The molecule has 0 fully saturated rings. The second kappa shape index (κ2) is 6.89. The summed E-state index contributed by atoms with van der Waals surface area (Å²) in [6.45, 7) is 3.77. The average Bonchev–Trinajstić information content (AvgIpc) is 3.11. The number of carbonyl (C=O) groups is 1. The van der Waals surface area contributed by atoms with Crippen LogP contribution in [0.25, 0.3) is 5.69 Å². The number of para-hydroxylation sites is 1. The van der Waals surface area contributed by atoms with Crippen molar-refractivity contribution in [2.45, 2.75) is 24.8 Å². The molecule has 1 aromatic heterocycles. The highest BCUT2D eigenvalue weighted by Crippen LogP contribution is 2.29. The first kappa shape index (κ1) is 18.9. The second-order valence-corrected chi connectivity index (χ2v) is 8.34. The van der Waals surface area contributed by atoms with Gasteiger partial charge >= 0.3 is 0 Å². The zero-order valence-corrected chi connectivity index (χ0v) is 16.8. The number of nitrogens with one attached hydrogen (secondary N) is 2. The van der Waals surface area contributed by atoms with Crippen LogP contribution in [0.2, 0.25) is 0 Å². The van der Waals surface area contributed by atoms with Crippen molar-refractivity contribution in [1.82, 2.24) is 20.1 Å². The van der Waals surface area contributed by atoms with Crippen molar-refractivity contribution in [3.8, 4) is 11.4 Å². The van der Waals surface area contributed by atoms with E-state index >= 15 is 0 Å². The van der Waals surface area contributed by atoms with E-state index in [9.17, 15) is 13.2 Å². The van der Waals surface area contributed by atoms with Gasteiger partial charge in [-0.1, -0.05) is 29.8 Å². The van der Waals surface area contributed by atoms with Crippen LogP contribution in [0.4, 0.5) is 5.95 Å². The van der Waals surface area contributed by atoms with Crippen LogP contribution in [0, 0.1) is 6.92 Å². The van der Waals surface area contributed by atoms with Gasteiger partial charge < -0.3 is 10.1 Å². The van der Waals surface area contributed by atoms with Crippen molar-refractivity contribution in [1.29, 1.82) is 0 Å². The molecule has 4 rings (SSSR count). The third-order valence-electron chi connectivity index (χ3n) is 4.62. The highest BCUT2D eigenvalue weighted by molar-refractivity contribution is 7.92. The molecular weight excluding hydrogens is 394 g/mol. The summed E-state index contributed by atoms with van der Waals surface area (Å²) in [5.41, 5.74) is 2.18. The summed E-state index contributed by atoms with van der Waals surface area (Å²) in [7, 11) is -2.20. The van der Waals surface area contributed by atoms with Gasteiger partial charge in [0.15, 0.2) is 0 Å². The van der Waals surface area contributed by atoms with E-state index in [2.05, 4.69) is 20.1 Å². The maximum atomic E-state index is 12.7. The topological polar surface area (TPSA) is 115 Å². The standard InChI is InChI=1S/C19H19N5O4S/c1-11-8-9-15(28-3)13(10-11)12(2)20-18(25)17-21-19-23-29(26,27)16-7-5-4-6-14(16)24(19)22-17/h4-10,12H,1-3H3,(H,20,25)(H,21,22,23). The quantitative estimate of drug-likeness (QED) is 0.677. The van der Waals surface area contributed by atoms with E-state index in [1.807, 2.05) is 32.0 Å². The van der Waals surface area contributed by atoms with Gasteiger partial charge in [-0.15, -0.1) is 5.10 Å². The van der Waals surface area contributed by atoms with Gasteiger partial charge in [0.25, 0.3) is 15.9 Å². The Hall–Kier alpha value is -3.40. The summed E-state index contributed by atoms with van der Waals surface area (Å²) in [5.74, 6) is -0.0469. The van der Waals surface area contributed by atoms with Gasteiger partial charge in [0.2, 0.25) is 11.8 Å². The maximum absolute atomic E-state index is 12.7. The number of hydrogen-bond acceptors (Lipinski definition) is 6. The maximum Gasteiger partial charge on any atom is 0.291 e. The Bertz CT molecular complexity index is 1220. The molecule has 0 saturated heterocycles. The Kier molecular flexibility index (Phi) is 4.50. The molecule has 1 amide bonds. The summed E-state index contributed by atoms with van der Waals surface area (Å²) < 4.78 is 33.8. The Morgan fingerprint density at radius 3 is 2.76 bits per heavy atom. The van der Waals surface area contributed by atoms with E-state index in [-0.39, 0.29) is 22.7 Å². The fourth-order valence-electron chi connectivity index (χ4n) is 3.21. The predicted octanol–water partition coefficient (Wildman–Crippen LogP) is 2.19. The molecular formula is C19H19N5O4S. The first-order valence-corrected chi connectivity index (χ1v) is 10.3. The molecule has 1 atom stereocenters. The van der Waals surface area contributed by atoms with Crippen molar-refractivity contribution in [2.75, 3.05) is 11.8 Å². The average molecular weight is 413 g/mol. The molecule has 0 bridgehead atoms. The van der Waals surface area contributed by atoms with Gasteiger partial charge in [0.05, 0.1) is 18.8 Å². The third-order valence-corrected chi connectivity index (χ3v) is 5.99. The number of ether oxygens (including phenoxy) is 1. The molecule has 0 aliphatic carbocycles. The lowest BCUT2D eigenvalue weighted by molar-refractivity contribution is 0.0929. The number of rotatable bonds is 4. The number of fused-ring (bicyclic) bond motifs is 3. The normalized spacial score (nSPS) is 14.9. The van der Waals surface area contributed by atoms with Crippen LogP contribution >= 0.6 is 0 Å². The molecule has 1 aliphatic rings. The summed E-state index contributed by atoms with van der Waals surface area (Å²) >= 11 is 0. The zero-order chi connectivity index (χ0) is 20.8. The van der Waals surface area contributed by atoms with Gasteiger partial charge in [-0.05, 0) is 32.0 Å². The van der Waals surface area contributed by atoms with E-state index in [4.69, 9.17) is 4.74 Å². The number of carbonyl (C=O) groups excluding carboxylic acids is 1. The van der Waals surface area contributed by atoms with Crippen molar-refractivity contribution >= 4 is 21.9 Å². The Balaban J connectivity index is 1.65. The monoisotopic (exact) mass is 413 g/mol. The van der Waals surface area contributed by atoms with Gasteiger partial charge in [0.1, 0.15) is 10.6 Å². The summed E-state index contributed by atoms with van der Waals surface area (Å²) in [6, 6.07) is 11.7. The molecule has 0 spiro atoms. The van der Waals surface area contributed by atoms with Crippen LogP contribution in [-0.2, 0) is 10.0 Å². The minimum Gasteiger partial charge on any atom is -0.496 e. The number of aryl methyl sites for hydroxylation is 1. The molecule has 1 unspecified atom stereocenters. The Labute approximate surface area is 167 Å². The number of nitrogens with zero attached hydrogens (tertiary/aromatic N) is 3. The largest absolute Gasteiger partial charge is 0.496 e. The SMILES string of the molecule is COc1ccc(C)cc1C(C)NC(=O)c1nc2n(n1)-c1ccccc1S(=O)(=O)N2. The lowest BCUT2D eigenvalue weighted by Gasteiger charge is -2.17. The van der Waals surface area contributed by atoms with Crippen LogP contribution in [-0.4, -0.2) is 36.2 Å². The lowest BCUT2D eigenvalue weighted by atomic mass is 10.0. The Morgan fingerprint density at radius 2 is 2.00 bits per heavy atom. The first-order valence-electron chi connectivity index (χ1n) is 8.85. The minimum atomic E-state index is -3.77. The van der Waals surface area contributed by atoms with E-state index in [1.165, 1.54) is 10.7 Å². The third kappa shape index (κ3) is 3.31. The summed E-state index contributed by atoms with van der Waals surface area (Å²) in [5, 5.41) is 7.03. The second-order valence-electron chi connectivity index (χ2n) is 6.68. The molecule has 2 aromatic carbocycles. The van der Waals surface area contributed by atoms with Crippen molar-refractivity contribution in [3.63, 3.8) is 0 Å². The van der Waals surface area contributed by atoms with Crippen LogP contribution in [0.15, 0.2) is 47.4 Å². The highest BCUT2D eigenvalue weighted by Gasteiger charge is 2.31. The van der Waals surface area contributed by atoms with E-state index in [0.29, 0.717) is 11.4 Å². The number of sulfonamides is 1. The van der Waals surface area contributed by atoms with Gasteiger partial charge in [-0.2, -0.15) is 9.67 Å². The number of amides is 1. The van der Waals surface area contributed by atoms with Crippen molar-refractivity contribution < 1.29 is 17.9 Å². The highest BCUT2D eigenvalue weighted by atomic mass is 32.2. The van der Waals surface area contributed by atoms with Crippen LogP contribution in [0.1, 0.15) is 34.7 Å². The van der Waals surface area contributed by atoms with Crippen molar-refractivity contribution in [3.05, 3.63) is 59.4 Å². The fraction of sp³-hybridized carbons (Fsp3) is 0.211. The van der Waals surface area contributed by atoms with Crippen LogP contribution in [0.5, 0.6) is 5.75 Å². The molecule has 10 heteroatoms. The Morgan fingerprint density at radius 1 is 1.24 bits per heavy atom. The molecule has 150 valence electrons. The summed E-state index contributed by atoms with van der Waals surface area (Å²) in [4.78, 5) is 16.9. The molecule has 9 nitrogen and oxygen atoms in total. The summed E-state index contributed by atoms with van der Waals surface area (Å²) in [6.07, 6.45) is 0. The van der Waals surface area contributed by atoms with Gasteiger partial charge in [0, 0.05) is 5.56 Å². The van der Waals surface area contributed by atoms with Gasteiger partial charge in [-0.3, -0.25) is 4.79 Å². The fourth-order valence-corrected chi connectivity index (χ4v) is 4.38. The zero-order valence-electron chi connectivity index (χ0n) is 16.0. The van der Waals surface area contributed by atoms with Crippen LogP contribution in [0.3, 0.4) is 0 Å². The molecule has 3 aromatic rings. The first-order chi connectivity index (χ1) is 13.8. The number of benzene rings is 2. The molecule has 1 aliphatic heterocycles. The predicted molar refractivity (Wildman–Crippen MR) is 106 cm³/mol. The molecule has 29 heavy (non-hydrogen) atoms. The van der Waals surface area contributed by atoms with E-state index in [0.717, 1.165) is 11.1 Å². The number of methoxy groups -OCH3 is 1. The van der Waals surface area contributed by atoms with Crippen molar-refractivity contribution in [2.24, 2.45) is 0 Å². The molecule has 2 heterocycles. The number of aromatic nitrogens is 3. The minimum absolute atomic E-state index is 0.0327. The number of anilines is 1.